The van der Waals surface area contributed by atoms with Gasteiger partial charge in [0.05, 0.1) is 26.1 Å². The maximum atomic E-state index is 12.0. The van der Waals surface area contributed by atoms with Gasteiger partial charge in [0.2, 0.25) is 0 Å². The first kappa shape index (κ1) is 16.2. The van der Waals surface area contributed by atoms with Crippen LogP contribution in [0.25, 0.3) is 0 Å². The normalized spacial score (nSPS) is 14.8. The lowest BCUT2D eigenvalue weighted by Gasteiger charge is -2.08. The highest BCUT2D eigenvalue weighted by molar-refractivity contribution is 9.10. The maximum absolute atomic E-state index is 12.0. The van der Waals surface area contributed by atoms with E-state index in [2.05, 4.69) is 31.4 Å². The van der Waals surface area contributed by atoms with Crippen LogP contribution in [0, 0.1) is 0 Å². The van der Waals surface area contributed by atoms with Crippen LogP contribution in [-0.2, 0) is 4.79 Å². The Morgan fingerprint density at radius 2 is 2.00 bits per heavy atom. The Morgan fingerprint density at radius 3 is 2.75 bits per heavy atom. The molecule has 0 radical (unpaired) electrons. The molecule has 1 heterocycles. The molecule has 6 nitrogen and oxygen atoms in total. The molecular weight excluding hydrogens is 374 g/mol. The number of nitrogens with zero attached hydrogens (tertiary/aromatic N) is 2. The summed E-state index contributed by atoms with van der Waals surface area (Å²) in [6, 6.07) is 10.9. The van der Waals surface area contributed by atoms with Crippen molar-refractivity contribution < 1.29 is 14.3 Å². The predicted molar refractivity (Wildman–Crippen MR) is 96.4 cm³/mol. The number of carbonyl (C=O) groups excluding carboxylic acids is 1. The van der Waals surface area contributed by atoms with E-state index >= 15 is 0 Å². The third-order valence-electron chi connectivity index (χ3n) is 3.49. The lowest BCUT2D eigenvalue weighted by Crippen LogP contribution is -2.13. The van der Waals surface area contributed by atoms with E-state index in [1.165, 1.54) is 6.21 Å². The first-order valence-corrected chi connectivity index (χ1v) is 7.86. The van der Waals surface area contributed by atoms with Gasteiger partial charge >= 0.3 is 0 Å². The lowest BCUT2D eigenvalue weighted by atomic mass is 10.1. The number of para-hydroxylation sites is 1. The Balaban J connectivity index is 1.93. The third kappa shape index (κ3) is 3.03. The molecule has 0 spiro atoms. The SMILES string of the molecule is COc1cccc(/C=N/N=C2\C(=O)Nc3ccc(Br)cc32)c1OC. The number of methoxy groups -OCH3 is 2. The van der Waals surface area contributed by atoms with E-state index in [0.717, 1.165) is 10.2 Å². The summed E-state index contributed by atoms with van der Waals surface area (Å²) >= 11 is 3.39. The monoisotopic (exact) mass is 387 g/mol. The topological polar surface area (TPSA) is 72.3 Å². The number of carbonyl (C=O) groups is 1. The van der Waals surface area contributed by atoms with Gasteiger partial charge in [0, 0.05) is 15.6 Å². The highest BCUT2D eigenvalue weighted by Crippen LogP contribution is 2.30. The Hall–Kier alpha value is -2.67. The van der Waals surface area contributed by atoms with E-state index < -0.39 is 0 Å². The summed E-state index contributed by atoms with van der Waals surface area (Å²) in [4.78, 5) is 12.0. The van der Waals surface area contributed by atoms with E-state index in [-0.39, 0.29) is 11.6 Å². The minimum absolute atomic E-state index is 0.268. The van der Waals surface area contributed by atoms with Crippen molar-refractivity contribution >= 4 is 39.5 Å². The number of halogens is 1. The molecule has 0 unspecified atom stereocenters. The van der Waals surface area contributed by atoms with Crippen molar-refractivity contribution in [2.75, 3.05) is 19.5 Å². The molecule has 0 aromatic heterocycles. The molecule has 2 aromatic rings. The fourth-order valence-electron chi connectivity index (χ4n) is 2.39. The van der Waals surface area contributed by atoms with E-state index in [0.29, 0.717) is 22.6 Å². The molecule has 24 heavy (non-hydrogen) atoms. The predicted octanol–water partition coefficient (Wildman–Crippen LogP) is 3.24. The fraction of sp³-hybridized carbons (Fsp3) is 0.118. The summed E-state index contributed by atoms with van der Waals surface area (Å²) in [5.74, 6) is 0.878. The highest BCUT2D eigenvalue weighted by atomic mass is 79.9. The van der Waals surface area contributed by atoms with Gasteiger partial charge in [0.25, 0.3) is 5.91 Å². The van der Waals surface area contributed by atoms with Crippen LogP contribution in [0.1, 0.15) is 11.1 Å². The van der Waals surface area contributed by atoms with Crippen LogP contribution < -0.4 is 14.8 Å². The van der Waals surface area contributed by atoms with Crippen molar-refractivity contribution in [3.63, 3.8) is 0 Å². The molecule has 1 aliphatic heterocycles. The Kier molecular flexibility index (Phi) is 4.61. The third-order valence-corrected chi connectivity index (χ3v) is 3.98. The number of ether oxygens (including phenoxy) is 2. The van der Waals surface area contributed by atoms with Crippen LogP contribution in [-0.4, -0.2) is 32.1 Å². The molecule has 0 saturated heterocycles. The van der Waals surface area contributed by atoms with Crippen LogP contribution >= 0.6 is 15.9 Å². The molecule has 122 valence electrons. The number of rotatable bonds is 4. The van der Waals surface area contributed by atoms with E-state index in [1.54, 1.807) is 20.3 Å². The Labute approximate surface area is 147 Å². The number of fused-ring (bicyclic) bond motifs is 1. The van der Waals surface area contributed by atoms with Crippen molar-refractivity contribution in [1.82, 2.24) is 0 Å². The zero-order valence-electron chi connectivity index (χ0n) is 13.0. The number of hydrogen-bond donors (Lipinski definition) is 1. The molecule has 0 fully saturated rings. The maximum Gasteiger partial charge on any atom is 0.276 e. The minimum Gasteiger partial charge on any atom is -0.493 e. The van der Waals surface area contributed by atoms with Crippen LogP contribution in [0.4, 0.5) is 5.69 Å². The van der Waals surface area contributed by atoms with Gasteiger partial charge in [-0.05, 0) is 30.3 Å². The average molecular weight is 388 g/mol. The van der Waals surface area contributed by atoms with Gasteiger partial charge in [-0.25, -0.2) is 0 Å². The summed E-state index contributed by atoms with van der Waals surface area (Å²) < 4.78 is 11.4. The van der Waals surface area contributed by atoms with E-state index in [9.17, 15) is 4.79 Å². The quantitative estimate of drug-likeness (QED) is 0.646. The van der Waals surface area contributed by atoms with Crippen LogP contribution in [0.3, 0.4) is 0 Å². The summed E-state index contributed by atoms with van der Waals surface area (Å²) in [5, 5.41) is 10.9. The molecule has 1 aliphatic rings. The van der Waals surface area contributed by atoms with Crippen molar-refractivity contribution in [3.8, 4) is 11.5 Å². The molecule has 0 aliphatic carbocycles. The Bertz CT molecular complexity index is 862. The van der Waals surface area contributed by atoms with Crippen LogP contribution in [0.15, 0.2) is 51.1 Å². The van der Waals surface area contributed by atoms with Gasteiger partial charge in [-0.15, -0.1) is 5.10 Å². The van der Waals surface area contributed by atoms with E-state index in [4.69, 9.17) is 9.47 Å². The Morgan fingerprint density at radius 1 is 1.17 bits per heavy atom. The number of anilines is 1. The summed E-state index contributed by atoms with van der Waals surface area (Å²) in [6.07, 6.45) is 1.53. The molecule has 1 N–H and O–H groups in total. The molecule has 2 aromatic carbocycles. The summed E-state index contributed by atoms with van der Waals surface area (Å²) in [7, 11) is 3.12. The van der Waals surface area contributed by atoms with E-state index in [1.807, 2.05) is 30.3 Å². The van der Waals surface area contributed by atoms with Gasteiger partial charge in [-0.3, -0.25) is 4.79 Å². The van der Waals surface area contributed by atoms with Crippen molar-refractivity contribution in [1.29, 1.82) is 0 Å². The zero-order chi connectivity index (χ0) is 17.1. The fourth-order valence-corrected chi connectivity index (χ4v) is 2.75. The molecule has 7 heteroatoms. The molecule has 1 amide bonds. The zero-order valence-corrected chi connectivity index (χ0v) is 14.6. The van der Waals surface area contributed by atoms with Gasteiger partial charge in [0.1, 0.15) is 0 Å². The molecule has 0 bridgehead atoms. The second-order valence-electron chi connectivity index (χ2n) is 4.92. The second-order valence-corrected chi connectivity index (χ2v) is 5.84. The highest BCUT2D eigenvalue weighted by Gasteiger charge is 2.26. The molecule has 0 atom stereocenters. The lowest BCUT2D eigenvalue weighted by molar-refractivity contribution is -0.110. The first-order chi connectivity index (χ1) is 11.6. The van der Waals surface area contributed by atoms with Gasteiger partial charge in [-0.2, -0.15) is 5.10 Å². The average Bonchev–Trinajstić information content (AvgIpc) is 2.89. The standard InChI is InChI=1S/C17H14BrN3O3/c1-23-14-5-3-4-10(16(14)24-2)9-19-21-15-12-8-11(18)6-7-13(12)20-17(15)22/h3-9H,1-2H3,(H,20,21,22)/b19-9+. The van der Waals surface area contributed by atoms with Crippen molar-refractivity contribution in [3.05, 3.63) is 52.0 Å². The minimum atomic E-state index is -0.280. The van der Waals surface area contributed by atoms with Crippen LogP contribution in [0.2, 0.25) is 0 Å². The van der Waals surface area contributed by atoms with Gasteiger partial charge < -0.3 is 14.8 Å². The molecule has 3 rings (SSSR count). The molecular formula is C17H14BrN3O3. The molecule has 0 saturated carbocycles. The summed E-state index contributed by atoms with van der Waals surface area (Å²) in [6.45, 7) is 0. The van der Waals surface area contributed by atoms with Crippen LogP contribution in [0.5, 0.6) is 11.5 Å². The first-order valence-electron chi connectivity index (χ1n) is 7.07. The van der Waals surface area contributed by atoms with Crippen molar-refractivity contribution in [2.45, 2.75) is 0 Å². The summed E-state index contributed by atoms with van der Waals surface area (Å²) in [5.41, 5.74) is 2.40. The second kappa shape index (κ2) is 6.84. The number of hydrogen-bond acceptors (Lipinski definition) is 5. The largest absolute Gasteiger partial charge is 0.493 e. The smallest absolute Gasteiger partial charge is 0.276 e. The van der Waals surface area contributed by atoms with Crippen molar-refractivity contribution in [2.24, 2.45) is 10.2 Å². The number of amides is 1. The van der Waals surface area contributed by atoms with Gasteiger partial charge in [-0.1, -0.05) is 22.0 Å². The number of nitrogens with one attached hydrogen (secondary N) is 1. The van der Waals surface area contributed by atoms with Gasteiger partial charge in [0.15, 0.2) is 17.2 Å². The number of benzene rings is 2.